The number of hydrogen-bond donors (Lipinski definition) is 5. The third-order valence-electron chi connectivity index (χ3n) is 5.32. The van der Waals surface area contributed by atoms with Crippen LogP contribution in [-0.2, 0) is 0 Å². The topological polar surface area (TPSA) is 149 Å². The van der Waals surface area contributed by atoms with E-state index in [1.54, 1.807) is 6.92 Å². The lowest BCUT2D eigenvalue weighted by atomic mass is 10.1. The summed E-state index contributed by atoms with van der Waals surface area (Å²) >= 11 is 1.01. The van der Waals surface area contributed by atoms with Gasteiger partial charge in [-0.1, -0.05) is 0 Å². The molecular formula is C21H22F2N6O4S2. The van der Waals surface area contributed by atoms with Crippen LogP contribution >= 0.6 is 22.1 Å². The van der Waals surface area contributed by atoms with Crippen LogP contribution in [0.2, 0.25) is 0 Å². The number of hydrogen-bond acceptors (Lipinski definition) is 9. The zero-order chi connectivity index (χ0) is 25.2. The van der Waals surface area contributed by atoms with E-state index in [2.05, 4.69) is 30.3 Å². The molecular weight excluding hydrogens is 502 g/mol. The number of aryl methyl sites for hydroxylation is 1. The number of aromatic nitrogens is 3. The summed E-state index contributed by atoms with van der Waals surface area (Å²) in [5.74, 6) is -2.32. The van der Waals surface area contributed by atoms with Crippen molar-refractivity contribution in [2.75, 3.05) is 22.1 Å². The zero-order valence-corrected chi connectivity index (χ0v) is 20.1. The molecule has 0 unspecified atom stereocenters. The van der Waals surface area contributed by atoms with Crippen LogP contribution in [0.3, 0.4) is 0 Å². The number of carbonyl (C=O) groups is 2. The molecule has 0 atom stereocenters. The molecule has 0 aliphatic carbocycles. The average Bonchev–Trinajstić information content (AvgIpc) is 3.18. The van der Waals surface area contributed by atoms with E-state index in [0.717, 1.165) is 23.7 Å². The Morgan fingerprint density at radius 1 is 1.09 bits per heavy atom. The van der Waals surface area contributed by atoms with Gasteiger partial charge in [-0.05, 0) is 43.4 Å². The molecule has 186 valence electrons. The highest BCUT2D eigenvalue weighted by Crippen LogP contribution is 2.43. The smallest absolute Gasteiger partial charge is 0.271 e. The Labute approximate surface area is 204 Å². The van der Waals surface area contributed by atoms with Crippen LogP contribution in [-0.4, -0.2) is 52.8 Å². The highest BCUT2D eigenvalue weighted by Gasteiger charge is 2.26. The molecule has 4 rings (SSSR count). The van der Waals surface area contributed by atoms with Gasteiger partial charge < -0.3 is 16.0 Å². The van der Waals surface area contributed by atoms with Gasteiger partial charge in [-0.2, -0.15) is 15.0 Å². The maximum Gasteiger partial charge on any atom is 0.271 e. The molecule has 2 aromatic heterocycles. The maximum absolute atomic E-state index is 13.5. The lowest BCUT2D eigenvalue weighted by Gasteiger charge is -2.39. The Kier molecular flexibility index (Phi) is 7.25. The van der Waals surface area contributed by atoms with Gasteiger partial charge in [0, 0.05) is 29.3 Å². The minimum Gasteiger partial charge on any atom is -0.348 e. The lowest BCUT2D eigenvalue weighted by molar-refractivity contribution is 0.0927. The maximum atomic E-state index is 13.5. The van der Waals surface area contributed by atoms with Gasteiger partial charge in [0.2, 0.25) is 0 Å². The average molecular weight is 525 g/mol. The summed E-state index contributed by atoms with van der Waals surface area (Å²) in [6, 6.07) is 2.87. The van der Waals surface area contributed by atoms with Gasteiger partial charge >= 0.3 is 0 Å². The molecule has 35 heavy (non-hydrogen) atoms. The van der Waals surface area contributed by atoms with E-state index in [-0.39, 0.29) is 40.3 Å². The molecule has 3 heterocycles. The number of amides is 2. The quantitative estimate of drug-likeness (QED) is 0.323. The normalized spacial score (nSPS) is 16.4. The first-order chi connectivity index (χ1) is 16.6. The first kappa shape index (κ1) is 24.9. The summed E-state index contributed by atoms with van der Waals surface area (Å²) in [4.78, 5) is 33.5. The molecule has 1 aliphatic rings. The molecule has 3 aromatic rings. The minimum atomic E-state index is -2.53. The molecule has 0 bridgehead atoms. The molecule has 1 aromatic carbocycles. The Bertz CT molecular complexity index is 1250. The monoisotopic (exact) mass is 524 g/mol. The van der Waals surface area contributed by atoms with Crippen molar-refractivity contribution in [3.05, 3.63) is 59.2 Å². The predicted octanol–water partition coefficient (Wildman–Crippen LogP) is 4.16. The van der Waals surface area contributed by atoms with Crippen molar-refractivity contribution in [3.8, 4) is 0 Å². The fraction of sp³-hybridized carbons (Fsp3) is 0.286. The second-order valence-corrected chi connectivity index (χ2v) is 11.1. The summed E-state index contributed by atoms with van der Waals surface area (Å²) in [5.41, 5.74) is 0.797. The zero-order valence-electron chi connectivity index (χ0n) is 18.4. The van der Waals surface area contributed by atoms with Gasteiger partial charge in [-0.3, -0.25) is 18.7 Å². The van der Waals surface area contributed by atoms with Gasteiger partial charge in [-0.15, -0.1) is 0 Å². The summed E-state index contributed by atoms with van der Waals surface area (Å²) in [6.07, 6.45) is 3.56. The van der Waals surface area contributed by atoms with E-state index < -0.39 is 34.0 Å². The number of halogens is 2. The van der Waals surface area contributed by atoms with Gasteiger partial charge in [0.1, 0.15) is 16.5 Å². The summed E-state index contributed by atoms with van der Waals surface area (Å²) in [5, 5.41) is 8.62. The van der Waals surface area contributed by atoms with Crippen LogP contribution in [0.15, 0.2) is 30.6 Å². The minimum absolute atomic E-state index is 0.0867. The second kappa shape index (κ2) is 10.2. The van der Waals surface area contributed by atoms with E-state index in [1.165, 1.54) is 18.5 Å². The number of nitrogens with zero attached hydrogens (tertiary/aromatic N) is 3. The molecule has 0 spiro atoms. The molecule has 14 heteroatoms. The van der Waals surface area contributed by atoms with Gasteiger partial charge in [0.25, 0.3) is 11.8 Å². The molecule has 1 fully saturated rings. The van der Waals surface area contributed by atoms with E-state index >= 15 is 0 Å². The summed E-state index contributed by atoms with van der Waals surface area (Å²) in [7, 11) is -2.53. The number of anilines is 3. The van der Waals surface area contributed by atoms with Gasteiger partial charge in [-0.25, -0.2) is 18.7 Å². The van der Waals surface area contributed by atoms with Crippen molar-refractivity contribution in [3.63, 3.8) is 0 Å². The first-order valence-electron chi connectivity index (χ1n) is 10.5. The molecule has 10 nitrogen and oxygen atoms in total. The predicted molar refractivity (Wildman–Crippen MR) is 130 cm³/mol. The third-order valence-corrected chi connectivity index (χ3v) is 7.95. The van der Waals surface area contributed by atoms with Crippen molar-refractivity contribution >= 4 is 50.4 Å². The van der Waals surface area contributed by atoms with E-state index in [0.29, 0.717) is 23.5 Å². The highest BCUT2D eigenvalue weighted by molar-refractivity contribution is 8.24. The van der Waals surface area contributed by atoms with Crippen LogP contribution in [0.25, 0.3) is 0 Å². The van der Waals surface area contributed by atoms with Crippen LogP contribution in [0.4, 0.5) is 25.3 Å². The Hall–Kier alpha value is -3.20. The van der Waals surface area contributed by atoms with Crippen molar-refractivity contribution in [1.82, 2.24) is 19.7 Å². The van der Waals surface area contributed by atoms with E-state index in [4.69, 9.17) is 0 Å². The van der Waals surface area contributed by atoms with E-state index in [1.807, 2.05) is 0 Å². The SMILES string of the molecule is Cc1nsc(Nc2cnc(C(=O)NC3CCS(O)(O)CC3)cn2)c1C(=O)Nc1ccc(F)c(F)c1. The Morgan fingerprint density at radius 3 is 2.49 bits per heavy atom. The number of benzene rings is 1. The van der Waals surface area contributed by atoms with Crippen LogP contribution in [0, 0.1) is 18.6 Å². The van der Waals surface area contributed by atoms with Crippen molar-refractivity contribution in [2.24, 2.45) is 0 Å². The van der Waals surface area contributed by atoms with Crippen molar-refractivity contribution in [2.45, 2.75) is 25.8 Å². The number of rotatable bonds is 6. The van der Waals surface area contributed by atoms with Crippen molar-refractivity contribution < 1.29 is 27.5 Å². The van der Waals surface area contributed by atoms with Crippen LogP contribution in [0.1, 0.15) is 39.4 Å². The van der Waals surface area contributed by atoms with Gasteiger partial charge in [0.15, 0.2) is 11.6 Å². The first-order valence-corrected chi connectivity index (χ1v) is 13.1. The number of carbonyl (C=O) groups excluding carboxylic acids is 2. The van der Waals surface area contributed by atoms with Crippen LogP contribution in [0.5, 0.6) is 0 Å². The highest BCUT2D eigenvalue weighted by atomic mass is 32.3. The van der Waals surface area contributed by atoms with E-state index in [9.17, 15) is 27.5 Å². The summed E-state index contributed by atoms with van der Waals surface area (Å²) < 4.78 is 50.1. The third kappa shape index (κ3) is 6.08. The van der Waals surface area contributed by atoms with Gasteiger partial charge in [0.05, 0.1) is 23.7 Å². The molecule has 1 aliphatic heterocycles. The standard InChI is InChI=1S/C21H22F2N6O4S2/c1-11-18(20(31)27-13-2-3-14(22)15(23)8-13)21(34-29-11)28-17-10-24-16(9-25-17)19(30)26-12-4-6-35(32,33)7-5-12/h2-3,8-10,12,32-33H,4-7H2,1H3,(H,25,28)(H,26,30)(H,27,31). The number of nitrogens with one attached hydrogen (secondary N) is 3. The van der Waals surface area contributed by atoms with Crippen molar-refractivity contribution in [1.29, 1.82) is 0 Å². The Balaban J connectivity index is 1.40. The fourth-order valence-corrected chi connectivity index (χ4v) is 5.76. The second-order valence-electron chi connectivity index (χ2n) is 7.93. The van der Waals surface area contributed by atoms with Crippen LogP contribution < -0.4 is 16.0 Å². The molecule has 1 saturated heterocycles. The molecule has 0 saturated carbocycles. The summed E-state index contributed by atoms with van der Waals surface area (Å²) in [6.45, 7) is 1.63. The molecule has 5 N–H and O–H groups in total. The largest absolute Gasteiger partial charge is 0.348 e. The lowest BCUT2D eigenvalue weighted by Crippen LogP contribution is -2.40. The fourth-order valence-electron chi connectivity index (χ4n) is 3.43. The molecule has 0 radical (unpaired) electrons. The molecule has 2 amide bonds. The Morgan fingerprint density at radius 2 is 1.83 bits per heavy atom.